The maximum atomic E-state index is 12.3. The Bertz CT molecular complexity index is 1200. The van der Waals surface area contributed by atoms with Crippen molar-refractivity contribution in [3.05, 3.63) is 78.8 Å². The molecule has 1 aliphatic rings. The monoisotopic (exact) mass is 413 g/mol. The van der Waals surface area contributed by atoms with E-state index in [9.17, 15) is 9.59 Å². The van der Waals surface area contributed by atoms with Crippen LogP contribution in [0, 0.1) is 0 Å². The van der Waals surface area contributed by atoms with Crippen molar-refractivity contribution in [2.24, 2.45) is 4.99 Å². The summed E-state index contributed by atoms with van der Waals surface area (Å²) >= 11 is 7.41. The van der Waals surface area contributed by atoms with Crippen molar-refractivity contribution in [2.45, 2.75) is 6.54 Å². The molecule has 8 heteroatoms. The first-order valence-electron chi connectivity index (χ1n) is 8.63. The van der Waals surface area contributed by atoms with Gasteiger partial charge < -0.3 is 10.1 Å². The molecule has 0 bridgehead atoms. The van der Waals surface area contributed by atoms with E-state index < -0.39 is 0 Å². The zero-order valence-electron chi connectivity index (χ0n) is 14.7. The third-order valence-electron chi connectivity index (χ3n) is 4.15. The van der Waals surface area contributed by atoms with Crippen LogP contribution < -0.4 is 24.9 Å². The van der Waals surface area contributed by atoms with Gasteiger partial charge in [0.2, 0.25) is 0 Å². The summed E-state index contributed by atoms with van der Waals surface area (Å²) < 4.78 is 7.87. The molecular formula is C20H16ClN3O3S. The number of hydrogen-bond acceptors (Lipinski definition) is 5. The molecule has 1 N–H and O–H groups in total. The second-order valence-electron chi connectivity index (χ2n) is 6.12. The number of carbonyl (C=O) groups excluding carboxylic acids is 1. The van der Waals surface area contributed by atoms with Crippen LogP contribution in [-0.2, 0) is 11.3 Å². The predicted molar refractivity (Wildman–Crippen MR) is 110 cm³/mol. The number of nitrogens with one attached hydrogen (secondary N) is 1. The highest BCUT2D eigenvalue weighted by atomic mass is 35.5. The molecule has 3 aromatic rings. The quantitative estimate of drug-likeness (QED) is 0.695. The molecule has 0 radical (unpaired) electrons. The largest absolute Gasteiger partial charge is 0.484 e. The number of halogens is 1. The van der Waals surface area contributed by atoms with Crippen molar-refractivity contribution in [1.82, 2.24) is 4.57 Å². The molecule has 0 spiro atoms. The van der Waals surface area contributed by atoms with Crippen LogP contribution in [0.3, 0.4) is 0 Å². The maximum absolute atomic E-state index is 12.3. The third kappa shape index (κ3) is 4.00. The molecule has 1 amide bonds. The van der Waals surface area contributed by atoms with Gasteiger partial charge in [-0.25, -0.2) is 0 Å². The first-order chi connectivity index (χ1) is 13.6. The Morgan fingerprint density at radius 3 is 2.79 bits per heavy atom. The van der Waals surface area contributed by atoms with E-state index in [2.05, 4.69) is 10.3 Å². The SMILES string of the molecule is O=C(COc1ccc(/C=c2\sc3n(c2=O)CCN=3)cc1)Nc1ccccc1Cl. The number of ether oxygens (including phenoxy) is 1. The Labute approximate surface area is 169 Å². The number of aromatic nitrogens is 1. The van der Waals surface area contributed by atoms with Crippen molar-refractivity contribution >= 4 is 40.6 Å². The number of nitrogens with zero attached hydrogens (tertiary/aromatic N) is 2. The van der Waals surface area contributed by atoms with Crippen molar-refractivity contribution in [3.8, 4) is 5.75 Å². The number of anilines is 1. The van der Waals surface area contributed by atoms with Gasteiger partial charge in [-0.05, 0) is 35.9 Å². The van der Waals surface area contributed by atoms with Gasteiger partial charge in [-0.15, -0.1) is 0 Å². The summed E-state index contributed by atoms with van der Waals surface area (Å²) in [5.41, 5.74) is 1.42. The van der Waals surface area contributed by atoms with E-state index in [1.54, 1.807) is 41.0 Å². The smallest absolute Gasteiger partial charge is 0.270 e. The first-order valence-corrected chi connectivity index (χ1v) is 9.83. The standard InChI is InChI=1S/C20H16ClN3O3S/c21-15-3-1-2-4-16(15)23-18(25)12-27-14-7-5-13(6-8-14)11-17-19(26)24-10-9-22-20(24)28-17/h1-8,11H,9-10,12H2,(H,23,25)/b17-11-. The van der Waals surface area contributed by atoms with Gasteiger partial charge in [-0.3, -0.25) is 19.1 Å². The molecule has 142 valence electrons. The highest BCUT2D eigenvalue weighted by molar-refractivity contribution is 7.07. The fourth-order valence-electron chi connectivity index (χ4n) is 2.78. The lowest BCUT2D eigenvalue weighted by Crippen LogP contribution is -2.29. The lowest BCUT2D eigenvalue weighted by molar-refractivity contribution is -0.118. The molecule has 0 atom stereocenters. The van der Waals surface area contributed by atoms with E-state index in [1.807, 2.05) is 18.2 Å². The zero-order chi connectivity index (χ0) is 19.5. The molecule has 0 unspecified atom stereocenters. The van der Waals surface area contributed by atoms with Crippen LogP contribution >= 0.6 is 22.9 Å². The van der Waals surface area contributed by atoms with E-state index in [0.717, 1.165) is 10.4 Å². The summed E-state index contributed by atoms with van der Waals surface area (Å²) in [6.07, 6.45) is 1.84. The molecule has 28 heavy (non-hydrogen) atoms. The third-order valence-corrected chi connectivity index (χ3v) is 5.53. The lowest BCUT2D eigenvalue weighted by Gasteiger charge is -2.08. The van der Waals surface area contributed by atoms with Gasteiger partial charge >= 0.3 is 0 Å². The van der Waals surface area contributed by atoms with Gasteiger partial charge in [-0.2, -0.15) is 0 Å². The Morgan fingerprint density at radius 2 is 2.04 bits per heavy atom. The fraction of sp³-hybridized carbons (Fsp3) is 0.150. The van der Waals surface area contributed by atoms with Gasteiger partial charge in [0.05, 0.1) is 21.8 Å². The molecule has 4 rings (SSSR count). The summed E-state index contributed by atoms with van der Waals surface area (Å²) in [6, 6.07) is 14.2. The lowest BCUT2D eigenvalue weighted by atomic mass is 10.2. The van der Waals surface area contributed by atoms with Crippen LogP contribution in [0.25, 0.3) is 6.08 Å². The highest BCUT2D eigenvalue weighted by Crippen LogP contribution is 2.20. The van der Waals surface area contributed by atoms with Crippen LogP contribution in [0.1, 0.15) is 5.56 Å². The van der Waals surface area contributed by atoms with Gasteiger partial charge in [0.1, 0.15) is 5.75 Å². The summed E-state index contributed by atoms with van der Waals surface area (Å²) in [7, 11) is 0. The average Bonchev–Trinajstić information content (AvgIpc) is 3.26. The zero-order valence-corrected chi connectivity index (χ0v) is 16.3. The number of amides is 1. The van der Waals surface area contributed by atoms with Gasteiger partial charge in [0, 0.05) is 6.54 Å². The Balaban J connectivity index is 1.40. The van der Waals surface area contributed by atoms with Crippen LogP contribution in [0.4, 0.5) is 5.69 Å². The number of benzene rings is 2. The van der Waals surface area contributed by atoms with Crippen LogP contribution in [0.15, 0.2) is 58.3 Å². The minimum atomic E-state index is -0.298. The van der Waals surface area contributed by atoms with E-state index in [1.165, 1.54) is 11.3 Å². The number of thiazole rings is 1. The van der Waals surface area contributed by atoms with Crippen molar-refractivity contribution in [3.63, 3.8) is 0 Å². The minimum Gasteiger partial charge on any atom is -0.484 e. The normalized spacial score (nSPS) is 13.1. The molecule has 0 aliphatic carbocycles. The summed E-state index contributed by atoms with van der Waals surface area (Å²) in [5.74, 6) is 0.264. The molecule has 1 aromatic heterocycles. The Kier molecular flexibility index (Phi) is 5.27. The number of carbonyl (C=O) groups is 1. The number of rotatable bonds is 5. The van der Waals surface area contributed by atoms with Gasteiger partial charge in [0.25, 0.3) is 11.5 Å². The summed E-state index contributed by atoms with van der Waals surface area (Å²) in [5, 5.41) is 3.17. The molecule has 0 fully saturated rings. The molecular weight excluding hydrogens is 398 g/mol. The fourth-order valence-corrected chi connectivity index (χ4v) is 3.99. The highest BCUT2D eigenvalue weighted by Gasteiger charge is 2.09. The molecule has 0 saturated carbocycles. The van der Waals surface area contributed by atoms with E-state index in [0.29, 0.717) is 34.1 Å². The van der Waals surface area contributed by atoms with Crippen LogP contribution in [-0.4, -0.2) is 23.6 Å². The predicted octanol–water partition coefficient (Wildman–Crippen LogP) is 2.04. The van der Waals surface area contributed by atoms with Crippen molar-refractivity contribution in [2.75, 3.05) is 18.5 Å². The number of para-hydroxylation sites is 1. The van der Waals surface area contributed by atoms with Crippen molar-refractivity contribution in [1.29, 1.82) is 0 Å². The second-order valence-corrected chi connectivity index (χ2v) is 7.53. The molecule has 2 heterocycles. The van der Waals surface area contributed by atoms with E-state index >= 15 is 0 Å². The van der Waals surface area contributed by atoms with E-state index in [4.69, 9.17) is 16.3 Å². The molecule has 0 saturated heterocycles. The van der Waals surface area contributed by atoms with E-state index in [-0.39, 0.29) is 18.1 Å². The minimum absolute atomic E-state index is 0.00202. The summed E-state index contributed by atoms with van der Waals surface area (Å²) in [4.78, 5) is 29.4. The topological polar surface area (TPSA) is 72.7 Å². The van der Waals surface area contributed by atoms with Crippen LogP contribution in [0.5, 0.6) is 5.75 Å². The summed E-state index contributed by atoms with van der Waals surface area (Å²) in [6.45, 7) is 1.20. The molecule has 2 aromatic carbocycles. The van der Waals surface area contributed by atoms with Crippen LogP contribution in [0.2, 0.25) is 5.02 Å². The molecule has 6 nitrogen and oxygen atoms in total. The number of fused-ring (bicyclic) bond motifs is 1. The van der Waals surface area contributed by atoms with Crippen molar-refractivity contribution < 1.29 is 9.53 Å². The number of hydrogen-bond donors (Lipinski definition) is 1. The Hall–Kier alpha value is -2.90. The van der Waals surface area contributed by atoms with Gasteiger partial charge in [-0.1, -0.05) is 47.2 Å². The van der Waals surface area contributed by atoms with Gasteiger partial charge in [0.15, 0.2) is 11.4 Å². The average molecular weight is 414 g/mol. The Morgan fingerprint density at radius 1 is 1.25 bits per heavy atom. The maximum Gasteiger partial charge on any atom is 0.270 e. The first kappa shape index (κ1) is 18.5. The second kappa shape index (κ2) is 8.00. The molecule has 1 aliphatic heterocycles.